The number of amides is 1. The predicted octanol–water partition coefficient (Wildman–Crippen LogP) is 2.98. The summed E-state index contributed by atoms with van der Waals surface area (Å²) in [6.45, 7) is 2.30. The van der Waals surface area contributed by atoms with Gasteiger partial charge in [0.1, 0.15) is 5.69 Å². The van der Waals surface area contributed by atoms with Crippen LogP contribution in [-0.4, -0.2) is 23.2 Å². The molecule has 1 amide bonds. The summed E-state index contributed by atoms with van der Waals surface area (Å²) in [5.41, 5.74) is 3.47. The van der Waals surface area contributed by atoms with Crippen LogP contribution in [0, 0.1) is 6.92 Å². The van der Waals surface area contributed by atoms with Crippen LogP contribution in [0.2, 0.25) is 0 Å². The van der Waals surface area contributed by atoms with E-state index in [2.05, 4.69) is 15.5 Å². The van der Waals surface area contributed by atoms with Crippen LogP contribution in [0.1, 0.15) is 21.7 Å². The van der Waals surface area contributed by atoms with Gasteiger partial charge in [-0.25, -0.2) is 4.98 Å². The SMILES string of the molecule is COc1ncccc1CNC(=O)c1cc(-c2ccc(C)cc2)no1. The van der Waals surface area contributed by atoms with Gasteiger partial charge in [0.15, 0.2) is 0 Å². The Morgan fingerprint density at radius 3 is 2.79 bits per heavy atom. The number of ether oxygens (including phenoxy) is 1. The van der Waals surface area contributed by atoms with Gasteiger partial charge in [-0.3, -0.25) is 4.79 Å². The first-order valence-corrected chi connectivity index (χ1v) is 7.47. The van der Waals surface area contributed by atoms with Crippen LogP contribution in [0.3, 0.4) is 0 Å². The Labute approximate surface area is 139 Å². The molecular weight excluding hydrogens is 306 g/mol. The van der Waals surface area contributed by atoms with Gasteiger partial charge < -0.3 is 14.6 Å². The number of methoxy groups -OCH3 is 1. The maximum atomic E-state index is 12.2. The number of aromatic nitrogens is 2. The molecule has 0 aliphatic heterocycles. The molecule has 0 saturated carbocycles. The van der Waals surface area contributed by atoms with Crippen LogP contribution in [0.5, 0.6) is 5.88 Å². The minimum atomic E-state index is -0.341. The third-order valence-corrected chi connectivity index (χ3v) is 3.56. The maximum Gasteiger partial charge on any atom is 0.290 e. The molecule has 0 atom stereocenters. The summed E-state index contributed by atoms with van der Waals surface area (Å²) in [6, 6.07) is 13.1. The van der Waals surface area contributed by atoms with Gasteiger partial charge in [0.25, 0.3) is 5.91 Å². The number of benzene rings is 1. The number of carbonyl (C=O) groups is 1. The number of carbonyl (C=O) groups excluding carboxylic acids is 1. The third kappa shape index (κ3) is 3.43. The van der Waals surface area contributed by atoms with Gasteiger partial charge in [-0.2, -0.15) is 0 Å². The number of hydrogen-bond acceptors (Lipinski definition) is 5. The summed E-state index contributed by atoms with van der Waals surface area (Å²) in [5.74, 6) is 0.302. The van der Waals surface area contributed by atoms with Gasteiger partial charge in [-0.05, 0) is 13.0 Å². The Hall–Kier alpha value is -3.15. The van der Waals surface area contributed by atoms with E-state index in [9.17, 15) is 4.79 Å². The molecule has 3 aromatic rings. The lowest BCUT2D eigenvalue weighted by molar-refractivity contribution is 0.0913. The van der Waals surface area contributed by atoms with Crippen LogP contribution in [0.4, 0.5) is 0 Å². The zero-order valence-corrected chi connectivity index (χ0v) is 13.4. The van der Waals surface area contributed by atoms with Crippen LogP contribution >= 0.6 is 0 Å². The van der Waals surface area contributed by atoms with E-state index >= 15 is 0 Å². The number of nitrogens with zero attached hydrogens (tertiary/aromatic N) is 2. The quantitative estimate of drug-likeness (QED) is 0.781. The monoisotopic (exact) mass is 323 g/mol. The van der Waals surface area contributed by atoms with Crippen molar-refractivity contribution in [1.82, 2.24) is 15.5 Å². The highest BCUT2D eigenvalue weighted by molar-refractivity contribution is 5.92. The number of pyridine rings is 1. The third-order valence-electron chi connectivity index (χ3n) is 3.56. The normalized spacial score (nSPS) is 10.4. The summed E-state index contributed by atoms with van der Waals surface area (Å²) in [7, 11) is 1.54. The van der Waals surface area contributed by atoms with Gasteiger partial charge in [-0.1, -0.05) is 41.1 Å². The number of hydrogen-bond donors (Lipinski definition) is 1. The highest BCUT2D eigenvalue weighted by Gasteiger charge is 2.14. The van der Waals surface area contributed by atoms with Crippen molar-refractivity contribution in [2.75, 3.05) is 7.11 Å². The standard InChI is InChI=1S/C18H17N3O3/c1-12-5-7-13(8-6-12)15-10-16(24-21-15)17(22)20-11-14-4-3-9-19-18(14)23-2/h3-10H,11H2,1-2H3,(H,20,22). The fraction of sp³-hybridized carbons (Fsp3) is 0.167. The van der Waals surface area contributed by atoms with Crippen molar-refractivity contribution in [2.24, 2.45) is 0 Å². The summed E-state index contributed by atoms with van der Waals surface area (Å²) in [6.07, 6.45) is 1.63. The topological polar surface area (TPSA) is 77.2 Å². The zero-order valence-electron chi connectivity index (χ0n) is 13.4. The lowest BCUT2D eigenvalue weighted by Crippen LogP contribution is -2.22. The summed E-state index contributed by atoms with van der Waals surface area (Å²) in [5, 5.41) is 6.72. The molecule has 0 radical (unpaired) electrons. The van der Waals surface area contributed by atoms with Gasteiger partial charge in [-0.15, -0.1) is 0 Å². The Kier molecular flexibility index (Phi) is 4.56. The van der Waals surface area contributed by atoms with Crippen LogP contribution in [0.15, 0.2) is 53.2 Å². The number of nitrogens with one attached hydrogen (secondary N) is 1. The highest BCUT2D eigenvalue weighted by Crippen LogP contribution is 2.20. The van der Waals surface area contributed by atoms with Crippen molar-refractivity contribution < 1.29 is 14.1 Å². The van der Waals surface area contributed by atoms with E-state index in [1.165, 1.54) is 7.11 Å². The van der Waals surface area contributed by atoms with Crippen molar-refractivity contribution >= 4 is 5.91 Å². The number of rotatable bonds is 5. The van der Waals surface area contributed by atoms with Crippen molar-refractivity contribution in [3.8, 4) is 17.1 Å². The Balaban J connectivity index is 1.69. The molecule has 3 rings (SSSR count). The second kappa shape index (κ2) is 6.95. The molecule has 0 spiro atoms. The van der Waals surface area contributed by atoms with Crippen molar-refractivity contribution in [1.29, 1.82) is 0 Å². The van der Waals surface area contributed by atoms with Crippen molar-refractivity contribution in [3.05, 3.63) is 65.5 Å². The fourth-order valence-electron chi connectivity index (χ4n) is 2.25. The lowest BCUT2D eigenvalue weighted by atomic mass is 10.1. The van der Waals surface area contributed by atoms with Crippen LogP contribution in [0.25, 0.3) is 11.3 Å². The first-order valence-electron chi connectivity index (χ1n) is 7.47. The number of aryl methyl sites for hydroxylation is 1. The minimum Gasteiger partial charge on any atom is -0.481 e. The molecule has 2 heterocycles. The molecule has 0 bridgehead atoms. The molecule has 0 aliphatic carbocycles. The molecule has 122 valence electrons. The van der Waals surface area contributed by atoms with E-state index in [1.807, 2.05) is 37.3 Å². The van der Waals surface area contributed by atoms with E-state index in [-0.39, 0.29) is 18.2 Å². The molecule has 2 aromatic heterocycles. The molecule has 24 heavy (non-hydrogen) atoms. The molecule has 6 nitrogen and oxygen atoms in total. The molecule has 1 aromatic carbocycles. The van der Waals surface area contributed by atoms with Gasteiger partial charge in [0.2, 0.25) is 11.6 Å². The Bertz CT molecular complexity index is 841. The van der Waals surface area contributed by atoms with Crippen LogP contribution in [-0.2, 0) is 6.54 Å². The summed E-state index contributed by atoms with van der Waals surface area (Å²) in [4.78, 5) is 16.3. The Morgan fingerprint density at radius 1 is 1.25 bits per heavy atom. The Morgan fingerprint density at radius 2 is 2.04 bits per heavy atom. The average Bonchev–Trinajstić information content (AvgIpc) is 3.10. The largest absolute Gasteiger partial charge is 0.481 e. The molecule has 0 aliphatic rings. The molecule has 6 heteroatoms. The second-order valence-electron chi connectivity index (χ2n) is 5.30. The highest BCUT2D eigenvalue weighted by atomic mass is 16.5. The minimum absolute atomic E-state index is 0.161. The van der Waals surface area contributed by atoms with E-state index in [4.69, 9.17) is 9.26 Å². The van der Waals surface area contributed by atoms with Gasteiger partial charge >= 0.3 is 0 Å². The lowest BCUT2D eigenvalue weighted by Gasteiger charge is -2.07. The van der Waals surface area contributed by atoms with E-state index in [0.717, 1.165) is 16.7 Å². The first-order chi connectivity index (χ1) is 11.7. The van der Waals surface area contributed by atoms with E-state index < -0.39 is 0 Å². The van der Waals surface area contributed by atoms with Crippen molar-refractivity contribution in [3.63, 3.8) is 0 Å². The second-order valence-corrected chi connectivity index (χ2v) is 5.30. The average molecular weight is 323 g/mol. The summed E-state index contributed by atoms with van der Waals surface area (Å²) >= 11 is 0. The molecule has 0 unspecified atom stereocenters. The smallest absolute Gasteiger partial charge is 0.290 e. The van der Waals surface area contributed by atoms with E-state index in [0.29, 0.717) is 11.6 Å². The molecular formula is C18H17N3O3. The van der Waals surface area contributed by atoms with E-state index in [1.54, 1.807) is 18.3 Å². The van der Waals surface area contributed by atoms with Gasteiger partial charge in [0.05, 0.1) is 7.11 Å². The first kappa shape index (κ1) is 15.7. The predicted molar refractivity (Wildman–Crippen MR) is 88.6 cm³/mol. The molecule has 1 N–H and O–H groups in total. The molecule has 0 saturated heterocycles. The van der Waals surface area contributed by atoms with Gasteiger partial charge in [0, 0.05) is 29.9 Å². The maximum absolute atomic E-state index is 12.2. The zero-order chi connectivity index (χ0) is 16.9. The summed E-state index contributed by atoms with van der Waals surface area (Å²) < 4.78 is 10.3. The fourth-order valence-corrected chi connectivity index (χ4v) is 2.25. The van der Waals surface area contributed by atoms with Crippen molar-refractivity contribution in [2.45, 2.75) is 13.5 Å². The molecule has 0 fully saturated rings. The van der Waals surface area contributed by atoms with Crippen LogP contribution < -0.4 is 10.1 Å².